The minimum absolute atomic E-state index is 0.239. The van der Waals surface area contributed by atoms with E-state index in [2.05, 4.69) is 6.07 Å². The lowest BCUT2D eigenvalue weighted by Gasteiger charge is -2.12. The van der Waals surface area contributed by atoms with Crippen LogP contribution in [0.25, 0.3) is 0 Å². The SMILES string of the molecule is NCc1cccc(F)c1Oc1ccc2c(c1)CCC2. The van der Waals surface area contributed by atoms with Gasteiger partial charge in [0.25, 0.3) is 0 Å². The molecule has 0 fully saturated rings. The van der Waals surface area contributed by atoms with E-state index in [4.69, 9.17) is 10.5 Å². The molecule has 0 aliphatic heterocycles. The average molecular weight is 257 g/mol. The van der Waals surface area contributed by atoms with Crippen LogP contribution >= 0.6 is 0 Å². The first-order valence-corrected chi connectivity index (χ1v) is 6.55. The van der Waals surface area contributed by atoms with E-state index in [0.717, 1.165) is 12.8 Å². The Morgan fingerprint density at radius 1 is 1.11 bits per heavy atom. The lowest BCUT2D eigenvalue weighted by Crippen LogP contribution is -2.01. The number of nitrogens with two attached hydrogens (primary N) is 1. The molecule has 0 bridgehead atoms. The zero-order valence-electron chi connectivity index (χ0n) is 10.7. The number of para-hydroxylation sites is 1. The standard InChI is InChI=1S/C16H16FNO/c17-15-6-2-5-13(10-18)16(15)19-14-8-7-11-3-1-4-12(11)9-14/h2,5-9H,1,3-4,10,18H2. The Morgan fingerprint density at radius 2 is 1.95 bits per heavy atom. The molecule has 1 aliphatic rings. The first kappa shape index (κ1) is 12.2. The normalized spacial score (nSPS) is 13.4. The summed E-state index contributed by atoms with van der Waals surface area (Å²) in [6.45, 7) is 0.262. The van der Waals surface area contributed by atoms with Crippen LogP contribution in [0, 0.1) is 5.82 Å². The quantitative estimate of drug-likeness (QED) is 0.912. The average Bonchev–Trinajstić information content (AvgIpc) is 2.88. The molecule has 0 radical (unpaired) electrons. The molecule has 0 aromatic heterocycles. The number of rotatable bonds is 3. The maximum Gasteiger partial charge on any atom is 0.167 e. The summed E-state index contributed by atoms with van der Waals surface area (Å²) >= 11 is 0. The lowest BCUT2D eigenvalue weighted by molar-refractivity contribution is 0.436. The van der Waals surface area contributed by atoms with Crippen LogP contribution in [0.2, 0.25) is 0 Å². The van der Waals surface area contributed by atoms with Crippen molar-refractivity contribution in [2.75, 3.05) is 0 Å². The monoisotopic (exact) mass is 257 g/mol. The van der Waals surface area contributed by atoms with Crippen molar-refractivity contribution in [1.82, 2.24) is 0 Å². The molecule has 2 aromatic rings. The third-order valence-corrected chi connectivity index (χ3v) is 3.56. The molecule has 2 N–H and O–H groups in total. The van der Waals surface area contributed by atoms with Crippen LogP contribution in [0.1, 0.15) is 23.1 Å². The Labute approximate surface area is 112 Å². The third-order valence-electron chi connectivity index (χ3n) is 3.56. The van der Waals surface area contributed by atoms with Crippen molar-refractivity contribution < 1.29 is 9.13 Å². The van der Waals surface area contributed by atoms with Crippen molar-refractivity contribution in [3.05, 3.63) is 58.9 Å². The Morgan fingerprint density at radius 3 is 2.79 bits per heavy atom. The van der Waals surface area contributed by atoms with E-state index in [9.17, 15) is 4.39 Å². The van der Waals surface area contributed by atoms with Gasteiger partial charge < -0.3 is 10.5 Å². The fourth-order valence-corrected chi connectivity index (χ4v) is 2.56. The first-order valence-electron chi connectivity index (χ1n) is 6.55. The Hall–Kier alpha value is -1.87. The predicted molar refractivity (Wildman–Crippen MR) is 72.8 cm³/mol. The van der Waals surface area contributed by atoms with Gasteiger partial charge in [-0.2, -0.15) is 0 Å². The molecule has 3 heteroatoms. The van der Waals surface area contributed by atoms with Gasteiger partial charge in [-0.05, 0) is 48.6 Å². The van der Waals surface area contributed by atoms with Crippen LogP contribution in [0.4, 0.5) is 4.39 Å². The molecule has 1 aliphatic carbocycles. The van der Waals surface area contributed by atoms with E-state index in [1.807, 2.05) is 12.1 Å². The molecule has 3 rings (SSSR count). The van der Waals surface area contributed by atoms with Crippen LogP contribution in [0.15, 0.2) is 36.4 Å². The molecular weight excluding hydrogens is 241 g/mol. The van der Waals surface area contributed by atoms with E-state index in [-0.39, 0.29) is 18.1 Å². The fourth-order valence-electron chi connectivity index (χ4n) is 2.56. The summed E-state index contributed by atoms with van der Waals surface area (Å²) in [6.07, 6.45) is 3.39. The second-order valence-electron chi connectivity index (χ2n) is 4.82. The van der Waals surface area contributed by atoms with Gasteiger partial charge in [-0.25, -0.2) is 4.39 Å². The summed E-state index contributed by atoms with van der Waals surface area (Å²) in [5.41, 5.74) is 8.98. The van der Waals surface area contributed by atoms with E-state index in [1.165, 1.54) is 23.6 Å². The molecule has 0 saturated heterocycles. The second kappa shape index (κ2) is 5.02. The summed E-state index contributed by atoms with van der Waals surface area (Å²) in [7, 11) is 0. The van der Waals surface area contributed by atoms with E-state index in [0.29, 0.717) is 11.3 Å². The maximum absolute atomic E-state index is 13.8. The van der Waals surface area contributed by atoms with Gasteiger partial charge in [-0.3, -0.25) is 0 Å². The van der Waals surface area contributed by atoms with Crippen LogP contribution < -0.4 is 10.5 Å². The topological polar surface area (TPSA) is 35.2 Å². The second-order valence-corrected chi connectivity index (χ2v) is 4.82. The highest BCUT2D eigenvalue weighted by Gasteiger charge is 2.14. The van der Waals surface area contributed by atoms with Crippen LogP contribution in [-0.2, 0) is 19.4 Å². The molecule has 0 amide bonds. The number of benzene rings is 2. The van der Waals surface area contributed by atoms with E-state index >= 15 is 0 Å². The molecule has 0 spiro atoms. The van der Waals surface area contributed by atoms with Gasteiger partial charge in [0, 0.05) is 12.1 Å². The molecule has 2 aromatic carbocycles. The minimum Gasteiger partial charge on any atom is -0.454 e. The largest absolute Gasteiger partial charge is 0.454 e. The maximum atomic E-state index is 13.8. The van der Waals surface area contributed by atoms with Gasteiger partial charge in [0.15, 0.2) is 11.6 Å². The highest BCUT2D eigenvalue weighted by Crippen LogP contribution is 2.31. The highest BCUT2D eigenvalue weighted by molar-refractivity contribution is 5.43. The van der Waals surface area contributed by atoms with Crippen molar-refractivity contribution in [2.45, 2.75) is 25.8 Å². The summed E-state index contributed by atoms with van der Waals surface area (Å²) in [6, 6.07) is 10.8. The van der Waals surface area contributed by atoms with Crippen molar-refractivity contribution >= 4 is 0 Å². The molecule has 98 valence electrons. The van der Waals surface area contributed by atoms with Crippen molar-refractivity contribution in [3.8, 4) is 11.5 Å². The number of fused-ring (bicyclic) bond motifs is 1. The van der Waals surface area contributed by atoms with Crippen molar-refractivity contribution in [3.63, 3.8) is 0 Å². The number of ether oxygens (including phenoxy) is 1. The van der Waals surface area contributed by atoms with Crippen molar-refractivity contribution in [2.24, 2.45) is 5.73 Å². The fraction of sp³-hybridized carbons (Fsp3) is 0.250. The van der Waals surface area contributed by atoms with E-state index in [1.54, 1.807) is 12.1 Å². The first-order chi connectivity index (χ1) is 9.28. The minimum atomic E-state index is -0.372. The van der Waals surface area contributed by atoms with Gasteiger partial charge in [-0.1, -0.05) is 18.2 Å². The molecule has 19 heavy (non-hydrogen) atoms. The smallest absolute Gasteiger partial charge is 0.167 e. The number of hydrogen-bond acceptors (Lipinski definition) is 2. The summed E-state index contributed by atoms with van der Waals surface area (Å²) in [5, 5.41) is 0. The molecule has 0 atom stereocenters. The third kappa shape index (κ3) is 2.34. The molecule has 0 saturated carbocycles. The molecule has 0 heterocycles. The van der Waals surface area contributed by atoms with E-state index < -0.39 is 0 Å². The van der Waals surface area contributed by atoms with Crippen LogP contribution in [-0.4, -0.2) is 0 Å². The van der Waals surface area contributed by atoms with Gasteiger partial charge in [0.05, 0.1) is 0 Å². The summed E-state index contributed by atoms with van der Waals surface area (Å²) in [5.74, 6) is 0.548. The number of hydrogen-bond donors (Lipinski definition) is 1. The van der Waals surface area contributed by atoms with Gasteiger partial charge in [0.1, 0.15) is 5.75 Å². The Balaban J connectivity index is 1.93. The molecule has 0 unspecified atom stereocenters. The Kier molecular flexibility index (Phi) is 3.22. The van der Waals surface area contributed by atoms with Crippen molar-refractivity contribution in [1.29, 1.82) is 0 Å². The Bertz CT molecular complexity index is 610. The number of halogens is 1. The van der Waals surface area contributed by atoms with Gasteiger partial charge in [0.2, 0.25) is 0 Å². The number of aryl methyl sites for hydroxylation is 2. The summed E-state index contributed by atoms with van der Waals surface area (Å²) in [4.78, 5) is 0. The van der Waals surface area contributed by atoms with Crippen LogP contribution in [0.5, 0.6) is 11.5 Å². The predicted octanol–water partition coefficient (Wildman–Crippen LogP) is 3.57. The zero-order valence-corrected chi connectivity index (χ0v) is 10.7. The van der Waals surface area contributed by atoms with Crippen LogP contribution in [0.3, 0.4) is 0 Å². The summed E-state index contributed by atoms with van der Waals surface area (Å²) < 4.78 is 19.5. The molecular formula is C16H16FNO. The highest BCUT2D eigenvalue weighted by atomic mass is 19.1. The lowest BCUT2D eigenvalue weighted by atomic mass is 10.1. The van der Waals surface area contributed by atoms with Gasteiger partial charge >= 0.3 is 0 Å². The van der Waals surface area contributed by atoms with Gasteiger partial charge in [-0.15, -0.1) is 0 Å². The molecule has 2 nitrogen and oxygen atoms in total. The zero-order chi connectivity index (χ0) is 13.2.